The molecule has 2 atom stereocenters. The molecule has 0 saturated carbocycles. The molecular formula is C11H22N2O3. The van der Waals surface area contributed by atoms with Crippen molar-refractivity contribution in [3.8, 4) is 0 Å². The van der Waals surface area contributed by atoms with Gasteiger partial charge in [-0.1, -0.05) is 0 Å². The first-order valence-electron chi connectivity index (χ1n) is 5.75. The lowest BCUT2D eigenvalue weighted by Crippen LogP contribution is -2.45. The third-order valence-electron chi connectivity index (χ3n) is 2.88. The number of hydrogen-bond acceptors (Lipinski definition) is 4. The Morgan fingerprint density at radius 2 is 2.44 bits per heavy atom. The van der Waals surface area contributed by atoms with E-state index >= 15 is 0 Å². The van der Waals surface area contributed by atoms with Gasteiger partial charge in [0.25, 0.3) is 5.91 Å². The van der Waals surface area contributed by atoms with Crippen molar-refractivity contribution >= 4 is 5.91 Å². The summed E-state index contributed by atoms with van der Waals surface area (Å²) in [6.07, 6.45) is 2.46. The molecule has 1 aliphatic rings. The largest absolute Gasteiger partial charge is 0.383 e. The van der Waals surface area contributed by atoms with Gasteiger partial charge in [-0.25, -0.2) is 0 Å². The summed E-state index contributed by atoms with van der Waals surface area (Å²) >= 11 is 0. The second-order valence-corrected chi connectivity index (χ2v) is 4.44. The molecule has 2 unspecified atom stereocenters. The fourth-order valence-electron chi connectivity index (χ4n) is 1.81. The first-order valence-corrected chi connectivity index (χ1v) is 5.75. The van der Waals surface area contributed by atoms with Crippen molar-refractivity contribution in [1.29, 1.82) is 0 Å². The summed E-state index contributed by atoms with van der Waals surface area (Å²) in [5, 5.41) is 2.85. The third kappa shape index (κ3) is 3.73. The van der Waals surface area contributed by atoms with Gasteiger partial charge in [-0.3, -0.25) is 4.79 Å². The molecule has 0 radical (unpaired) electrons. The monoisotopic (exact) mass is 230 g/mol. The SMILES string of the molecule is COCC(N)CCNC(=O)C1(C)CCCO1. The lowest BCUT2D eigenvalue weighted by Gasteiger charge is -2.22. The number of rotatable bonds is 6. The molecule has 1 aliphatic heterocycles. The topological polar surface area (TPSA) is 73.6 Å². The van der Waals surface area contributed by atoms with Crippen molar-refractivity contribution in [2.45, 2.75) is 37.8 Å². The Labute approximate surface area is 96.7 Å². The fourth-order valence-corrected chi connectivity index (χ4v) is 1.81. The number of nitrogens with one attached hydrogen (secondary N) is 1. The van der Waals surface area contributed by atoms with E-state index in [9.17, 15) is 4.79 Å². The zero-order valence-electron chi connectivity index (χ0n) is 10.1. The van der Waals surface area contributed by atoms with E-state index in [1.807, 2.05) is 6.92 Å². The predicted molar refractivity (Wildman–Crippen MR) is 61.1 cm³/mol. The molecule has 5 heteroatoms. The summed E-state index contributed by atoms with van der Waals surface area (Å²) in [6.45, 7) is 3.60. The molecule has 1 fully saturated rings. The molecule has 94 valence electrons. The standard InChI is InChI=1S/C11H22N2O3/c1-11(5-3-7-16-11)10(14)13-6-4-9(12)8-15-2/h9H,3-8,12H2,1-2H3,(H,13,14). The number of amides is 1. The van der Waals surface area contributed by atoms with Crippen LogP contribution in [0.15, 0.2) is 0 Å². The molecule has 1 rings (SSSR count). The van der Waals surface area contributed by atoms with Crippen molar-refractivity contribution in [3.63, 3.8) is 0 Å². The van der Waals surface area contributed by atoms with Crippen LogP contribution < -0.4 is 11.1 Å². The summed E-state index contributed by atoms with van der Waals surface area (Å²) in [6, 6.07) is -0.0254. The van der Waals surface area contributed by atoms with Crippen LogP contribution in [0.25, 0.3) is 0 Å². The number of nitrogens with two attached hydrogens (primary N) is 1. The average molecular weight is 230 g/mol. The van der Waals surface area contributed by atoms with Gasteiger partial charge in [0, 0.05) is 26.3 Å². The zero-order chi connectivity index (χ0) is 12.0. The van der Waals surface area contributed by atoms with Crippen LogP contribution in [0.1, 0.15) is 26.2 Å². The van der Waals surface area contributed by atoms with Gasteiger partial charge >= 0.3 is 0 Å². The van der Waals surface area contributed by atoms with Crippen LogP contribution in [0, 0.1) is 0 Å². The lowest BCUT2D eigenvalue weighted by molar-refractivity contribution is -0.139. The van der Waals surface area contributed by atoms with E-state index in [1.165, 1.54) is 0 Å². The quantitative estimate of drug-likeness (QED) is 0.675. The van der Waals surface area contributed by atoms with E-state index in [-0.39, 0.29) is 11.9 Å². The summed E-state index contributed by atoms with van der Waals surface area (Å²) in [7, 11) is 1.62. The normalized spacial score (nSPS) is 26.7. The van der Waals surface area contributed by atoms with Gasteiger partial charge in [0.2, 0.25) is 0 Å². The minimum absolute atomic E-state index is 0.0254. The van der Waals surface area contributed by atoms with E-state index in [0.717, 1.165) is 19.3 Å². The Bertz CT molecular complexity index is 227. The predicted octanol–water partition coefficient (Wildman–Crippen LogP) is 0.0355. The molecule has 1 amide bonds. The number of methoxy groups -OCH3 is 1. The molecular weight excluding hydrogens is 208 g/mol. The van der Waals surface area contributed by atoms with Gasteiger partial charge in [-0.2, -0.15) is 0 Å². The Morgan fingerprint density at radius 3 is 3.00 bits per heavy atom. The third-order valence-corrected chi connectivity index (χ3v) is 2.88. The fraction of sp³-hybridized carbons (Fsp3) is 0.909. The van der Waals surface area contributed by atoms with E-state index in [2.05, 4.69) is 5.32 Å². The van der Waals surface area contributed by atoms with E-state index < -0.39 is 5.60 Å². The van der Waals surface area contributed by atoms with Crippen LogP contribution in [-0.4, -0.2) is 44.4 Å². The molecule has 0 aliphatic carbocycles. The van der Waals surface area contributed by atoms with Gasteiger partial charge in [0.05, 0.1) is 6.61 Å². The lowest BCUT2D eigenvalue weighted by atomic mass is 10.0. The van der Waals surface area contributed by atoms with Crippen LogP contribution >= 0.6 is 0 Å². The van der Waals surface area contributed by atoms with Crippen molar-refractivity contribution in [2.75, 3.05) is 26.9 Å². The van der Waals surface area contributed by atoms with E-state index in [4.69, 9.17) is 15.2 Å². The zero-order valence-corrected chi connectivity index (χ0v) is 10.1. The highest BCUT2D eigenvalue weighted by Gasteiger charge is 2.37. The summed E-state index contributed by atoms with van der Waals surface area (Å²) in [4.78, 5) is 11.8. The first-order chi connectivity index (χ1) is 7.58. The molecule has 0 bridgehead atoms. The second-order valence-electron chi connectivity index (χ2n) is 4.44. The molecule has 5 nitrogen and oxygen atoms in total. The highest BCUT2D eigenvalue weighted by atomic mass is 16.5. The Balaban J connectivity index is 2.19. The van der Waals surface area contributed by atoms with Crippen molar-refractivity contribution in [2.24, 2.45) is 5.73 Å². The molecule has 16 heavy (non-hydrogen) atoms. The molecule has 0 aromatic rings. The van der Waals surface area contributed by atoms with Crippen molar-refractivity contribution in [1.82, 2.24) is 5.32 Å². The maximum atomic E-state index is 11.8. The maximum Gasteiger partial charge on any atom is 0.251 e. The minimum Gasteiger partial charge on any atom is -0.383 e. The van der Waals surface area contributed by atoms with Crippen LogP contribution in [-0.2, 0) is 14.3 Å². The summed E-state index contributed by atoms with van der Waals surface area (Å²) < 4.78 is 10.4. The maximum absolute atomic E-state index is 11.8. The number of ether oxygens (including phenoxy) is 2. The smallest absolute Gasteiger partial charge is 0.251 e. The van der Waals surface area contributed by atoms with Crippen molar-refractivity contribution in [3.05, 3.63) is 0 Å². The van der Waals surface area contributed by atoms with Crippen molar-refractivity contribution < 1.29 is 14.3 Å². The average Bonchev–Trinajstić information content (AvgIpc) is 2.67. The van der Waals surface area contributed by atoms with E-state index in [1.54, 1.807) is 7.11 Å². The van der Waals surface area contributed by atoms with Crippen LogP contribution in [0.2, 0.25) is 0 Å². The van der Waals surface area contributed by atoms with Gasteiger partial charge in [0.15, 0.2) is 0 Å². The van der Waals surface area contributed by atoms with E-state index in [0.29, 0.717) is 19.8 Å². The Hall–Kier alpha value is -0.650. The molecule has 1 saturated heterocycles. The Morgan fingerprint density at radius 1 is 1.69 bits per heavy atom. The number of hydrogen-bond donors (Lipinski definition) is 2. The molecule has 0 aromatic carbocycles. The minimum atomic E-state index is -0.634. The Kier molecular flexibility index (Phi) is 5.18. The number of carbonyl (C=O) groups excluding carboxylic acids is 1. The van der Waals surface area contributed by atoms with Gasteiger partial charge in [-0.15, -0.1) is 0 Å². The van der Waals surface area contributed by atoms with Gasteiger partial charge in [-0.05, 0) is 26.2 Å². The van der Waals surface area contributed by atoms with Gasteiger partial charge < -0.3 is 20.5 Å². The van der Waals surface area contributed by atoms with Crippen LogP contribution in [0.5, 0.6) is 0 Å². The molecule has 1 heterocycles. The molecule has 0 spiro atoms. The highest BCUT2D eigenvalue weighted by molar-refractivity contribution is 5.84. The summed E-state index contributed by atoms with van der Waals surface area (Å²) in [5.74, 6) is -0.0328. The molecule has 0 aromatic heterocycles. The number of carbonyl (C=O) groups is 1. The first kappa shape index (κ1) is 13.4. The molecule has 3 N–H and O–H groups in total. The van der Waals surface area contributed by atoms with Crippen LogP contribution in [0.3, 0.4) is 0 Å². The second kappa shape index (κ2) is 6.18. The van der Waals surface area contributed by atoms with Gasteiger partial charge in [0.1, 0.15) is 5.60 Å². The highest BCUT2D eigenvalue weighted by Crippen LogP contribution is 2.24. The van der Waals surface area contributed by atoms with Crippen LogP contribution in [0.4, 0.5) is 0 Å². The summed E-state index contributed by atoms with van der Waals surface area (Å²) in [5.41, 5.74) is 5.12.